The molecule has 19 heavy (non-hydrogen) atoms. The summed E-state index contributed by atoms with van der Waals surface area (Å²) in [6, 6.07) is -1.07. The average molecular weight is 324 g/mol. The SMILES string of the molecule is Cc1nc(Cl)sc1S(=O)(=O)NC1CC(=O)N(C)C1=O. The molecule has 1 aromatic rings. The number of aryl methyl sites for hydroxylation is 1. The molecule has 1 atom stereocenters. The van der Waals surface area contributed by atoms with Gasteiger partial charge in [0.15, 0.2) is 8.68 Å². The van der Waals surface area contributed by atoms with Crippen molar-refractivity contribution < 1.29 is 18.0 Å². The standard InChI is InChI=1S/C9H10ClN3O4S2/c1-4-8(18-9(10)11-4)19(16,17)12-5-3-6(14)13(2)7(5)15/h5,12H,3H2,1-2H3. The topological polar surface area (TPSA) is 96.4 Å². The van der Waals surface area contributed by atoms with Crippen LogP contribution in [0.25, 0.3) is 0 Å². The van der Waals surface area contributed by atoms with Gasteiger partial charge in [0.25, 0.3) is 10.0 Å². The van der Waals surface area contributed by atoms with Crippen LogP contribution in [0.15, 0.2) is 4.21 Å². The van der Waals surface area contributed by atoms with Gasteiger partial charge in [-0.05, 0) is 6.92 Å². The number of carbonyl (C=O) groups is 2. The third kappa shape index (κ3) is 2.64. The summed E-state index contributed by atoms with van der Waals surface area (Å²) in [7, 11) is -2.60. The lowest BCUT2D eigenvalue weighted by atomic mass is 10.3. The first-order chi connectivity index (χ1) is 8.72. The molecule has 1 aliphatic heterocycles. The summed E-state index contributed by atoms with van der Waals surface area (Å²) in [6.07, 6.45) is -0.180. The van der Waals surface area contributed by atoms with Gasteiger partial charge in [0, 0.05) is 7.05 Å². The van der Waals surface area contributed by atoms with Crippen molar-refractivity contribution in [2.75, 3.05) is 7.05 Å². The number of thiazole rings is 1. The third-order valence-corrected chi connectivity index (χ3v) is 5.99. The van der Waals surface area contributed by atoms with Gasteiger partial charge in [-0.2, -0.15) is 4.72 Å². The van der Waals surface area contributed by atoms with E-state index in [0.29, 0.717) is 0 Å². The quantitative estimate of drug-likeness (QED) is 0.798. The second-order valence-corrected chi connectivity index (χ2v) is 7.50. The fraction of sp³-hybridized carbons (Fsp3) is 0.444. The van der Waals surface area contributed by atoms with E-state index in [1.807, 2.05) is 0 Å². The highest BCUT2D eigenvalue weighted by Gasteiger charge is 2.39. The Hall–Kier alpha value is -1.03. The summed E-state index contributed by atoms with van der Waals surface area (Å²) >= 11 is 6.45. The zero-order valence-corrected chi connectivity index (χ0v) is 12.4. The van der Waals surface area contributed by atoms with Crippen LogP contribution in [-0.4, -0.2) is 43.2 Å². The van der Waals surface area contributed by atoms with Crippen molar-refractivity contribution >= 4 is 44.8 Å². The minimum absolute atomic E-state index is 0.0488. The number of aromatic nitrogens is 1. The molecule has 0 bridgehead atoms. The predicted molar refractivity (Wildman–Crippen MR) is 68.4 cm³/mol. The summed E-state index contributed by atoms with van der Waals surface area (Å²) in [4.78, 5) is 27.7. The highest BCUT2D eigenvalue weighted by atomic mass is 35.5. The van der Waals surface area contributed by atoms with Crippen LogP contribution in [0.2, 0.25) is 4.47 Å². The summed E-state index contributed by atoms with van der Waals surface area (Å²) in [6.45, 7) is 1.50. The lowest BCUT2D eigenvalue weighted by Gasteiger charge is -2.10. The fourth-order valence-electron chi connectivity index (χ4n) is 1.69. The first kappa shape index (κ1) is 14.4. The number of rotatable bonds is 3. The molecule has 7 nitrogen and oxygen atoms in total. The predicted octanol–water partition coefficient (Wildman–Crippen LogP) is 0.141. The van der Waals surface area contributed by atoms with Gasteiger partial charge in [-0.3, -0.25) is 14.5 Å². The van der Waals surface area contributed by atoms with E-state index in [4.69, 9.17) is 11.6 Å². The number of likely N-dealkylation sites (N-methyl/N-ethyl adjacent to an activating group) is 1. The van der Waals surface area contributed by atoms with E-state index in [0.717, 1.165) is 16.2 Å². The highest BCUT2D eigenvalue weighted by Crippen LogP contribution is 2.27. The van der Waals surface area contributed by atoms with Gasteiger partial charge in [-0.25, -0.2) is 13.4 Å². The monoisotopic (exact) mass is 323 g/mol. The molecule has 0 spiro atoms. The Morgan fingerprint density at radius 2 is 2.11 bits per heavy atom. The number of hydrogen-bond acceptors (Lipinski definition) is 6. The van der Waals surface area contributed by atoms with E-state index >= 15 is 0 Å². The van der Waals surface area contributed by atoms with Crippen LogP contribution in [0.5, 0.6) is 0 Å². The molecule has 2 rings (SSSR count). The lowest BCUT2D eigenvalue weighted by Crippen LogP contribution is -2.40. The number of halogens is 1. The molecule has 0 radical (unpaired) electrons. The zero-order valence-electron chi connectivity index (χ0n) is 10.0. The molecule has 1 fully saturated rings. The van der Waals surface area contributed by atoms with E-state index in [9.17, 15) is 18.0 Å². The molecule has 104 valence electrons. The Balaban J connectivity index is 2.26. The van der Waals surface area contributed by atoms with E-state index in [2.05, 4.69) is 9.71 Å². The maximum atomic E-state index is 12.1. The summed E-state index contributed by atoms with van der Waals surface area (Å²) < 4.78 is 26.5. The first-order valence-corrected chi connectivity index (χ1v) is 7.86. The number of sulfonamides is 1. The summed E-state index contributed by atoms with van der Waals surface area (Å²) in [5.74, 6) is -0.987. The summed E-state index contributed by atoms with van der Waals surface area (Å²) in [5, 5.41) is 0. The molecule has 0 saturated carbocycles. The highest BCUT2D eigenvalue weighted by molar-refractivity contribution is 7.91. The first-order valence-electron chi connectivity index (χ1n) is 5.18. The molecule has 0 aromatic carbocycles. The van der Waals surface area contributed by atoms with E-state index < -0.39 is 27.9 Å². The van der Waals surface area contributed by atoms with Crippen molar-refractivity contribution in [1.29, 1.82) is 0 Å². The van der Waals surface area contributed by atoms with Gasteiger partial charge in [0.2, 0.25) is 11.8 Å². The maximum absolute atomic E-state index is 12.1. The molecule has 1 aromatic heterocycles. The molecule has 2 heterocycles. The van der Waals surface area contributed by atoms with E-state index in [1.165, 1.54) is 14.0 Å². The van der Waals surface area contributed by atoms with Gasteiger partial charge in [-0.15, -0.1) is 0 Å². The molecule has 2 amide bonds. The van der Waals surface area contributed by atoms with Crippen molar-refractivity contribution in [3.05, 3.63) is 10.2 Å². The van der Waals surface area contributed by atoms with E-state index in [1.54, 1.807) is 0 Å². The normalized spacial score (nSPS) is 20.4. The number of hydrogen-bond donors (Lipinski definition) is 1. The second-order valence-electron chi connectivity index (χ2n) is 4.01. The van der Waals surface area contributed by atoms with Crippen molar-refractivity contribution in [3.63, 3.8) is 0 Å². The Morgan fingerprint density at radius 3 is 2.53 bits per heavy atom. The summed E-state index contributed by atoms with van der Waals surface area (Å²) in [5.41, 5.74) is 0.257. The van der Waals surface area contributed by atoms with Crippen LogP contribution in [-0.2, 0) is 19.6 Å². The Kier molecular flexibility index (Phi) is 3.65. The van der Waals surface area contributed by atoms with Crippen molar-refractivity contribution in [1.82, 2.24) is 14.6 Å². The van der Waals surface area contributed by atoms with Crippen LogP contribution < -0.4 is 4.72 Å². The molecule has 1 unspecified atom stereocenters. The fourth-order valence-corrected chi connectivity index (χ4v) is 4.63. The van der Waals surface area contributed by atoms with Crippen LogP contribution >= 0.6 is 22.9 Å². The molecule has 1 N–H and O–H groups in total. The van der Waals surface area contributed by atoms with Crippen molar-refractivity contribution in [3.8, 4) is 0 Å². The Labute approximate surface area is 118 Å². The molecule has 1 saturated heterocycles. The van der Waals surface area contributed by atoms with Crippen molar-refractivity contribution in [2.45, 2.75) is 23.6 Å². The van der Waals surface area contributed by atoms with Crippen LogP contribution in [0, 0.1) is 6.92 Å². The Morgan fingerprint density at radius 1 is 1.47 bits per heavy atom. The minimum atomic E-state index is -3.91. The van der Waals surface area contributed by atoms with Gasteiger partial charge in [0.05, 0.1) is 12.1 Å². The number of likely N-dealkylation sites (tertiary alicyclic amines) is 1. The third-order valence-electron chi connectivity index (χ3n) is 2.65. The van der Waals surface area contributed by atoms with Crippen LogP contribution in [0.3, 0.4) is 0 Å². The maximum Gasteiger partial charge on any atom is 0.252 e. The number of nitrogens with zero attached hydrogens (tertiary/aromatic N) is 2. The van der Waals surface area contributed by atoms with Gasteiger partial charge >= 0.3 is 0 Å². The average Bonchev–Trinajstić information content (AvgIpc) is 2.75. The van der Waals surface area contributed by atoms with Gasteiger partial charge in [0.1, 0.15) is 6.04 Å². The molecule has 0 aliphatic carbocycles. The largest absolute Gasteiger partial charge is 0.284 e. The molecular weight excluding hydrogens is 314 g/mol. The molecular formula is C9H10ClN3O4S2. The number of imide groups is 1. The van der Waals surface area contributed by atoms with Crippen molar-refractivity contribution in [2.24, 2.45) is 0 Å². The molecule has 1 aliphatic rings. The van der Waals surface area contributed by atoms with Gasteiger partial charge in [-0.1, -0.05) is 22.9 Å². The van der Waals surface area contributed by atoms with Gasteiger partial charge < -0.3 is 0 Å². The van der Waals surface area contributed by atoms with Crippen LogP contribution in [0.4, 0.5) is 0 Å². The number of carbonyl (C=O) groups excluding carboxylic acids is 2. The number of nitrogens with one attached hydrogen (secondary N) is 1. The second kappa shape index (κ2) is 4.82. The van der Waals surface area contributed by atoms with E-state index in [-0.39, 0.29) is 20.8 Å². The van der Waals surface area contributed by atoms with Crippen LogP contribution in [0.1, 0.15) is 12.1 Å². The minimum Gasteiger partial charge on any atom is -0.284 e. The lowest BCUT2D eigenvalue weighted by molar-refractivity contribution is -0.137. The number of amides is 2. The zero-order chi connectivity index (χ0) is 14.4. The molecule has 10 heteroatoms. The Bertz CT molecular complexity index is 654. The smallest absolute Gasteiger partial charge is 0.252 e.